The van der Waals surface area contributed by atoms with Crippen molar-refractivity contribution in [1.29, 1.82) is 0 Å². The number of carbonyl (C=O) groups excluding carboxylic acids is 1. The van der Waals surface area contributed by atoms with Gasteiger partial charge in [0.25, 0.3) is 11.5 Å². The number of fused-ring (bicyclic) bond motifs is 2. The molecule has 0 spiro atoms. The van der Waals surface area contributed by atoms with Crippen molar-refractivity contribution in [3.05, 3.63) is 94.7 Å². The zero-order chi connectivity index (χ0) is 26.9. The Morgan fingerprint density at radius 3 is 2.64 bits per heavy atom. The Balaban J connectivity index is 1.44. The summed E-state index contributed by atoms with van der Waals surface area (Å²) in [7, 11) is 0. The second-order valence-corrected chi connectivity index (χ2v) is 10.1. The summed E-state index contributed by atoms with van der Waals surface area (Å²) in [5.41, 5.74) is 8.76. The van der Waals surface area contributed by atoms with Crippen molar-refractivity contribution < 1.29 is 4.79 Å². The molecule has 0 radical (unpaired) electrons. The van der Waals surface area contributed by atoms with Crippen LogP contribution in [0.5, 0.6) is 0 Å². The minimum atomic E-state index is -0.525. The lowest BCUT2D eigenvalue weighted by Crippen LogP contribution is -2.32. The van der Waals surface area contributed by atoms with Crippen LogP contribution in [0.25, 0.3) is 22.1 Å². The predicted molar refractivity (Wildman–Crippen MR) is 153 cm³/mol. The summed E-state index contributed by atoms with van der Waals surface area (Å²) in [6.07, 6.45) is 9.15. The Labute approximate surface area is 225 Å². The first kappa shape index (κ1) is 24.7. The van der Waals surface area contributed by atoms with E-state index in [0.29, 0.717) is 22.8 Å². The van der Waals surface area contributed by atoms with Gasteiger partial charge in [0, 0.05) is 35.5 Å². The summed E-state index contributed by atoms with van der Waals surface area (Å²) < 4.78 is 3.17. The second-order valence-electron chi connectivity index (χ2n) is 10.1. The molecule has 5 aromatic rings. The number of aromatic nitrogens is 4. The van der Waals surface area contributed by atoms with Crippen molar-refractivity contribution in [2.24, 2.45) is 0 Å². The fourth-order valence-corrected chi connectivity index (χ4v) is 5.60. The highest BCUT2D eigenvalue weighted by Crippen LogP contribution is 2.29. The molecule has 9 nitrogen and oxygen atoms in total. The number of amides is 1. The third-order valence-electron chi connectivity index (χ3n) is 7.50. The average molecular weight is 522 g/mol. The number of anilines is 2. The van der Waals surface area contributed by atoms with Gasteiger partial charge in [-0.05, 0) is 55.5 Å². The SMILES string of the molecule is CC(NC(=O)c1c(N)nn2cccnc12)c1cc2cccc(NC3CCCCC3)c2c(=O)n1-c1ccccc1. The fourth-order valence-electron chi connectivity index (χ4n) is 5.60. The van der Waals surface area contributed by atoms with E-state index in [0.717, 1.165) is 29.6 Å². The average Bonchev–Trinajstić information content (AvgIpc) is 3.29. The molecule has 1 atom stereocenters. The molecule has 1 fully saturated rings. The largest absolute Gasteiger partial charge is 0.382 e. The Morgan fingerprint density at radius 1 is 1.05 bits per heavy atom. The van der Waals surface area contributed by atoms with Crippen LogP contribution in [0.15, 0.2) is 77.9 Å². The summed E-state index contributed by atoms with van der Waals surface area (Å²) in [4.78, 5) is 31.9. The van der Waals surface area contributed by atoms with Crippen molar-refractivity contribution in [3.63, 3.8) is 0 Å². The van der Waals surface area contributed by atoms with Gasteiger partial charge in [0.2, 0.25) is 0 Å². The van der Waals surface area contributed by atoms with Crippen LogP contribution in [-0.4, -0.2) is 31.1 Å². The van der Waals surface area contributed by atoms with Crippen molar-refractivity contribution in [3.8, 4) is 5.69 Å². The maximum absolute atomic E-state index is 14.2. The van der Waals surface area contributed by atoms with Gasteiger partial charge in [-0.25, -0.2) is 9.50 Å². The van der Waals surface area contributed by atoms with Crippen LogP contribution in [0.1, 0.15) is 61.1 Å². The number of nitrogens with one attached hydrogen (secondary N) is 2. The summed E-state index contributed by atoms with van der Waals surface area (Å²) in [5, 5.41) is 12.3. The van der Waals surface area contributed by atoms with E-state index in [2.05, 4.69) is 20.7 Å². The molecule has 2 aromatic carbocycles. The third kappa shape index (κ3) is 4.60. The molecule has 1 aliphatic rings. The first-order valence-electron chi connectivity index (χ1n) is 13.4. The third-order valence-corrected chi connectivity index (χ3v) is 7.50. The summed E-state index contributed by atoms with van der Waals surface area (Å²) >= 11 is 0. The van der Waals surface area contributed by atoms with Crippen LogP contribution in [0.3, 0.4) is 0 Å². The van der Waals surface area contributed by atoms with E-state index in [1.807, 2.05) is 61.5 Å². The number of hydrogen-bond acceptors (Lipinski definition) is 6. The Hall–Kier alpha value is -4.66. The van der Waals surface area contributed by atoms with Crippen LogP contribution in [0.4, 0.5) is 11.5 Å². The molecule has 3 heterocycles. The summed E-state index contributed by atoms with van der Waals surface area (Å²) in [6.45, 7) is 1.86. The number of hydrogen-bond donors (Lipinski definition) is 3. The highest BCUT2D eigenvalue weighted by atomic mass is 16.2. The molecular formula is C30H31N7O2. The Bertz CT molecular complexity index is 1720. The number of nitrogen functional groups attached to an aromatic ring is 1. The van der Waals surface area contributed by atoms with Gasteiger partial charge < -0.3 is 16.4 Å². The van der Waals surface area contributed by atoms with Gasteiger partial charge in [0.15, 0.2) is 11.5 Å². The van der Waals surface area contributed by atoms with E-state index in [4.69, 9.17) is 5.73 Å². The van der Waals surface area contributed by atoms with Crippen molar-refractivity contribution in [2.45, 2.75) is 51.1 Å². The van der Waals surface area contributed by atoms with E-state index >= 15 is 0 Å². The number of carbonyl (C=O) groups is 1. The molecule has 198 valence electrons. The maximum atomic E-state index is 14.2. The number of rotatable bonds is 6. The zero-order valence-electron chi connectivity index (χ0n) is 21.8. The first-order valence-corrected chi connectivity index (χ1v) is 13.4. The van der Waals surface area contributed by atoms with Crippen molar-refractivity contribution >= 4 is 33.8 Å². The molecular weight excluding hydrogens is 490 g/mol. The Morgan fingerprint density at radius 2 is 1.85 bits per heavy atom. The standard InChI is InChI=1S/C30H31N7O2/c1-19(33-29(38)26-27(31)35-36-17-9-16-32-28(26)36)24-18-20-10-8-15-23(34-21-11-4-2-5-12-21)25(20)30(39)37(24)22-13-6-3-7-14-22/h3,6-10,13-19,21,34H,2,4-5,11-12H2,1H3,(H2,31,35)(H,33,38). The number of nitrogens with two attached hydrogens (primary N) is 1. The van der Waals surface area contributed by atoms with Gasteiger partial charge in [0.1, 0.15) is 5.56 Å². The highest BCUT2D eigenvalue weighted by Gasteiger charge is 2.24. The lowest BCUT2D eigenvalue weighted by molar-refractivity contribution is 0.0941. The molecule has 0 saturated heterocycles. The topological polar surface area (TPSA) is 119 Å². The first-order chi connectivity index (χ1) is 19.0. The molecule has 1 aliphatic carbocycles. The van der Waals surface area contributed by atoms with Crippen LogP contribution >= 0.6 is 0 Å². The number of nitrogens with zero attached hydrogens (tertiary/aromatic N) is 4. The van der Waals surface area contributed by atoms with Gasteiger partial charge >= 0.3 is 0 Å². The van der Waals surface area contributed by atoms with Gasteiger partial charge in [-0.3, -0.25) is 14.2 Å². The van der Waals surface area contributed by atoms with Gasteiger partial charge in [-0.15, -0.1) is 5.10 Å². The molecule has 9 heteroatoms. The number of pyridine rings is 1. The van der Waals surface area contributed by atoms with Crippen molar-refractivity contribution in [2.75, 3.05) is 11.1 Å². The molecule has 1 saturated carbocycles. The lowest BCUT2D eigenvalue weighted by Gasteiger charge is -2.25. The quantitative estimate of drug-likeness (QED) is 0.294. The second kappa shape index (κ2) is 10.2. The fraction of sp³-hybridized carbons (Fsp3) is 0.267. The molecule has 4 N–H and O–H groups in total. The predicted octanol–water partition coefficient (Wildman–Crippen LogP) is 4.85. The van der Waals surface area contributed by atoms with Gasteiger partial charge in [-0.1, -0.05) is 49.6 Å². The molecule has 1 amide bonds. The minimum Gasteiger partial charge on any atom is -0.382 e. The van der Waals surface area contributed by atoms with Crippen LogP contribution in [0.2, 0.25) is 0 Å². The molecule has 0 aliphatic heterocycles. The molecule has 3 aromatic heterocycles. The van der Waals surface area contributed by atoms with E-state index < -0.39 is 11.9 Å². The van der Waals surface area contributed by atoms with Gasteiger partial charge in [-0.2, -0.15) is 0 Å². The normalized spacial score (nSPS) is 14.9. The van der Waals surface area contributed by atoms with Gasteiger partial charge in [0.05, 0.1) is 11.4 Å². The maximum Gasteiger partial charge on any atom is 0.265 e. The van der Waals surface area contributed by atoms with Crippen LogP contribution < -0.4 is 21.9 Å². The minimum absolute atomic E-state index is 0.0933. The molecule has 6 rings (SSSR count). The molecule has 1 unspecified atom stereocenters. The Kier molecular flexibility index (Phi) is 6.48. The lowest BCUT2D eigenvalue weighted by atomic mass is 9.95. The summed E-state index contributed by atoms with van der Waals surface area (Å²) in [6, 6.07) is 18.9. The van der Waals surface area contributed by atoms with Crippen molar-refractivity contribution in [1.82, 2.24) is 24.5 Å². The van der Waals surface area contributed by atoms with E-state index in [1.54, 1.807) is 23.0 Å². The molecule has 39 heavy (non-hydrogen) atoms. The van der Waals surface area contributed by atoms with Crippen LogP contribution in [-0.2, 0) is 0 Å². The van der Waals surface area contributed by atoms with E-state index in [1.165, 1.54) is 23.8 Å². The highest BCUT2D eigenvalue weighted by molar-refractivity contribution is 6.04. The van der Waals surface area contributed by atoms with Crippen LogP contribution in [0, 0.1) is 0 Å². The smallest absolute Gasteiger partial charge is 0.265 e. The molecule has 0 bridgehead atoms. The summed E-state index contributed by atoms with van der Waals surface area (Å²) in [5.74, 6) is -0.315. The number of para-hydroxylation sites is 1. The monoisotopic (exact) mass is 521 g/mol. The van der Waals surface area contributed by atoms with E-state index in [-0.39, 0.29) is 16.9 Å². The zero-order valence-corrected chi connectivity index (χ0v) is 21.8. The number of benzene rings is 2. The van der Waals surface area contributed by atoms with E-state index in [9.17, 15) is 9.59 Å².